The highest BCUT2D eigenvalue weighted by molar-refractivity contribution is 7.26. The van der Waals surface area contributed by atoms with Crippen LogP contribution in [0.2, 0.25) is 0 Å². The Morgan fingerprint density at radius 2 is 1.24 bits per heavy atom. The normalized spacial score (nSPS) is 13.2. The summed E-state index contributed by atoms with van der Waals surface area (Å²) in [7, 11) is 0. The summed E-state index contributed by atoms with van der Waals surface area (Å²) in [4.78, 5) is 16.3. The Balaban J connectivity index is 1.12. The summed E-state index contributed by atoms with van der Waals surface area (Å²) in [6.45, 7) is 13.7. The van der Waals surface area contributed by atoms with Gasteiger partial charge in [0.25, 0.3) is 0 Å². The molecule has 5 heterocycles. The van der Waals surface area contributed by atoms with Crippen LogP contribution in [0.5, 0.6) is 0 Å². The molecule has 1 aliphatic rings. The molecule has 0 bridgehead atoms. The first kappa shape index (κ1) is 39.0. The molecule has 12 aromatic rings. The van der Waals surface area contributed by atoms with Crippen molar-refractivity contribution in [2.24, 2.45) is 0 Å². The van der Waals surface area contributed by atoms with Crippen LogP contribution in [0.4, 0.5) is 0 Å². The summed E-state index contributed by atoms with van der Waals surface area (Å²) in [6.07, 6.45) is 7.43. The Hall–Kier alpha value is -7.41. The number of pyridine rings is 1. The van der Waals surface area contributed by atoms with E-state index in [1.54, 1.807) is 0 Å². The molecule has 0 fully saturated rings. The van der Waals surface area contributed by atoms with Crippen molar-refractivity contribution in [2.45, 2.75) is 58.8 Å². The number of thiophene rings is 1. The molecule has 0 spiro atoms. The van der Waals surface area contributed by atoms with Crippen LogP contribution in [-0.2, 0) is 17.3 Å². The number of benzene rings is 7. The van der Waals surface area contributed by atoms with E-state index in [1.807, 2.05) is 17.5 Å². The monoisotopic (exact) mass is 869 g/mol. The molecular weight excluding hydrogens is 823 g/mol. The Morgan fingerprint density at radius 1 is 0.545 bits per heavy atom. The summed E-state index contributed by atoms with van der Waals surface area (Å²) in [5, 5.41) is 9.79. The van der Waals surface area contributed by atoms with Gasteiger partial charge < -0.3 is 0 Å². The largest absolute Gasteiger partial charge is 0.292 e. The molecule has 0 amide bonds. The summed E-state index contributed by atoms with van der Waals surface area (Å²) >= 11 is 1.83. The van der Waals surface area contributed by atoms with Crippen LogP contribution >= 0.6 is 11.3 Å². The predicted molar refractivity (Wildman–Crippen MR) is 280 cm³/mol. The number of aromatic nitrogens is 5. The lowest BCUT2D eigenvalue weighted by Crippen LogP contribution is -2.10. The molecule has 13 rings (SSSR count). The molecule has 66 heavy (non-hydrogen) atoms. The first-order chi connectivity index (χ1) is 32.0. The first-order valence-electron chi connectivity index (χ1n) is 23.0. The van der Waals surface area contributed by atoms with Crippen molar-refractivity contribution in [2.75, 3.05) is 0 Å². The lowest BCUT2D eigenvalue weighted by atomic mass is 9.86. The van der Waals surface area contributed by atoms with Gasteiger partial charge in [-0.05, 0) is 111 Å². The maximum atomic E-state index is 5.59. The molecule has 5 nitrogen and oxygen atoms in total. The van der Waals surface area contributed by atoms with Gasteiger partial charge in [0.1, 0.15) is 5.82 Å². The number of allylic oxidation sites excluding steroid dienone is 1. The van der Waals surface area contributed by atoms with Gasteiger partial charge in [-0.1, -0.05) is 139 Å². The van der Waals surface area contributed by atoms with Crippen molar-refractivity contribution >= 4 is 92.0 Å². The minimum atomic E-state index is -0.0483. The summed E-state index contributed by atoms with van der Waals surface area (Å²) in [6, 6.07) is 53.7. The zero-order valence-electron chi connectivity index (χ0n) is 37.9. The third-order valence-corrected chi connectivity index (χ3v) is 15.1. The van der Waals surface area contributed by atoms with E-state index in [0.29, 0.717) is 5.95 Å². The van der Waals surface area contributed by atoms with Crippen molar-refractivity contribution in [3.63, 3.8) is 0 Å². The van der Waals surface area contributed by atoms with Crippen molar-refractivity contribution in [1.82, 2.24) is 24.1 Å². The number of hydrogen-bond acceptors (Lipinski definition) is 4. The number of rotatable bonds is 4. The Morgan fingerprint density at radius 3 is 2.02 bits per heavy atom. The lowest BCUT2D eigenvalue weighted by molar-refractivity contribution is 0.591. The molecule has 0 aliphatic heterocycles. The smallest absolute Gasteiger partial charge is 0.235 e. The average molecular weight is 870 g/mol. The van der Waals surface area contributed by atoms with E-state index >= 15 is 0 Å². The molecule has 1 aliphatic carbocycles. The first-order valence-corrected chi connectivity index (χ1v) is 23.8. The summed E-state index contributed by atoms with van der Waals surface area (Å²) in [5.74, 6) is 1.49. The van der Waals surface area contributed by atoms with Gasteiger partial charge in [0, 0.05) is 59.0 Å². The minimum absolute atomic E-state index is 0.0423. The molecule has 318 valence electrons. The predicted octanol–water partition coefficient (Wildman–Crippen LogP) is 16.1. The van der Waals surface area contributed by atoms with Crippen molar-refractivity contribution in [1.29, 1.82) is 0 Å². The van der Waals surface area contributed by atoms with Gasteiger partial charge in [-0.25, -0.2) is 15.0 Å². The van der Waals surface area contributed by atoms with Crippen molar-refractivity contribution < 1.29 is 0 Å². The van der Waals surface area contributed by atoms with Gasteiger partial charge in [0.2, 0.25) is 5.95 Å². The van der Waals surface area contributed by atoms with Gasteiger partial charge in [-0.15, -0.1) is 11.3 Å². The van der Waals surface area contributed by atoms with Crippen LogP contribution in [0, 0.1) is 0 Å². The Kier molecular flexibility index (Phi) is 8.30. The number of hydrogen-bond donors (Lipinski definition) is 0. The topological polar surface area (TPSA) is 48.5 Å². The molecule has 0 radical (unpaired) electrons. The standard InChI is InChI=1S/C60H47N5S/c1-59(2,3)39-23-27-50-46(33-39)42-25-26-43-47-34-40(60(4,5)6)24-28-51(47)65(58-61-30-29-49(63-58)45-19-11-18-44-41-17-7-8-21-52(41)66-57(44)45)56(43)55(42)64(50)53-22-12-20-48(62-53)38-31-36-15-9-13-35-14-10-16-37(32-38)54(35)36/h7-13,15-34H,14H2,1-6H3. The molecule has 0 saturated heterocycles. The number of nitrogens with zero attached hydrogens (tertiary/aromatic N) is 5. The van der Waals surface area contributed by atoms with Crippen molar-refractivity contribution in [3.05, 3.63) is 180 Å². The van der Waals surface area contributed by atoms with Crippen molar-refractivity contribution in [3.8, 4) is 34.3 Å². The second-order valence-electron chi connectivity index (χ2n) is 20.1. The van der Waals surface area contributed by atoms with Gasteiger partial charge >= 0.3 is 0 Å². The zero-order valence-corrected chi connectivity index (χ0v) is 38.8. The zero-order chi connectivity index (χ0) is 44.6. The van der Waals surface area contributed by atoms with Crippen LogP contribution in [0.25, 0.3) is 115 Å². The fraction of sp³-hybridized carbons (Fsp3) is 0.150. The van der Waals surface area contributed by atoms with E-state index in [-0.39, 0.29) is 10.8 Å². The van der Waals surface area contributed by atoms with E-state index in [9.17, 15) is 0 Å². The molecule has 6 heteroatoms. The summed E-state index contributed by atoms with van der Waals surface area (Å²) in [5.41, 5.74) is 13.4. The lowest BCUT2D eigenvalue weighted by Gasteiger charge is -2.19. The molecule has 0 N–H and O–H groups in total. The number of fused-ring (bicyclic) bond motifs is 10. The second-order valence-corrected chi connectivity index (χ2v) is 21.1. The van der Waals surface area contributed by atoms with E-state index in [1.165, 1.54) is 64.0 Å². The van der Waals surface area contributed by atoms with Gasteiger partial charge in [0.05, 0.1) is 33.5 Å². The third kappa shape index (κ3) is 5.87. The summed E-state index contributed by atoms with van der Waals surface area (Å²) < 4.78 is 7.22. The van der Waals surface area contributed by atoms with Crippen LogP contribution in [0.15, 0.2) is 158 Å². The van der Waals surface area contributed by atoms with E-state index in [4.69, 9.17) is 15.0 Å². The van der Waals surface area contributed by atoms with Crippen LogP contribution in [-0.4, -0.2) is 24.1 Å². The highest BCUT2D eigenvalue weighted by atomic mass is 32.1. The molecule has 5 aromatic heterocycles. The Bertz CT molecular complexity index is 4050. The van der Waals surface area contributed by atoms with Gasteiger partial charge in [-0.2, -0.15) is 0 Å². The van der Waals surface area contributed by atoms with E-state index < -0.39 is 0 Å². The molecule has 0 saturated carbocycles. The van der Waals surface area contributed by atoms with Crippen LogP contribution < -0.4 is 0 Å². The maximum Gasteiger partial charge on any atom is 0.235 e. The van der Waals surface area contributed by atoms with Gasteiger partial charge in [0.15, 0.2) is 0 Å². The highest BCUT2D eigenvalue weighted by Crippen LogP contribution is 2.45. The maximum absolute atomic E-state index is 5.59. The van der Waals surface area contributed by atoms with Crippen LogP contribution in [0.3, 0.4) is 0 Å². The highest BCUT2D eigenvalue weighted by Gasteiger charge is 2.26. The fourth-order valence-corrected chi connectivity index (χ4v) is 11.8. The SMILES string of the molecule is CC(C)(C)c1ccc2c(c1)c1ccc3c4cc(C(C)(C)C)ccc4n(-c4nccc(-c5cccc6c5sc5ccccc56)n4)c3c1n2-c1cccc(-c2cc3c4c(cccc4c2)CC=C3)n1. The molecule has 7 aromatic carbocycles. The van der Waals surface area contributed by atoms with E-state index in [0.717, 1.165) is 67.6 Å². The molecular formula is C60H47N5S. The Labute approximate surface area is 387 Å². The fourth-order valence-electron chi connectivity index (χ4n) is 10.5. The quantitative estimate of drug-likeness (QED) is 0.177. The molecule has 0 atom stereocenters. The van der Waals surface area contributed by atoms with Gasteiger partial charge in [-0.3, -0.25) is 9.13 Å². The molecule has 0 unspecified atom stereocenters. The second kappa shape index (κ2) is 14.0. The van der Waals surface area contributed by atoms with E-state index in [2.05, 4.69) is 208 Å². The average Bonchev–Trinajstić information content (AvgIpc) is 3.99. The third-order valence-electron chi connectivity index (χ3n) is 13.9. The minimum Gasteiger partial charge on any atom is -0.292 e. The van der Waals surface area contributed by atoms with Crippen LogP contribution in [0.1, 0.15) is 63.8 Å².